The molecule has 1 heterocycles. The summed E-state index contributed by atoms with van der Waals surface area (Å²) >= 11 is 0. The van der Waals surface area contributed by atoms with Crippen LogP contribution in [0.25, 0.3) is 0 Å². The summed E-state index contributed by atoms with van der Waals surface area (Å²) in [6, 6.07) is 7.29. The second-order valence-electron chi connectivity index (χ2n) is 8.59. The predicted octanol–water partition coefficient (Wildman–Crippen LogP) is 0.497. The molecule has 0 aromatic heterocycles. The van der Waals surface area contributed by atoms with Crippen molar-refractivity contribution in [1.29, 1.82) is 5.41 Å². The fourth-order valence-electron chi connectivity index (χ4n) is 4.00. The summed E-state index contributed by atoms with van der Waals surface area (Å²) in [6.45, 7) is 2.29. The van der Waals surface area contributed by atoms with Gasteiger partial charge in [-0.15, -0.1) is 0 Å². The Hall–Kier alpha value is -2.99. The minimum absolute atomic E-state index is 0.0440. The Morgan fingerprint density at radius 3 is 2.51 bits per heavy atom. The van der Waals surface area contributed by atoms with Gasteiger partial charge >= 0.3 is 5.97 Å². The zero-order valence-electron chi connectivity index (χ0n) is 20.2. The average Bonchev–Trinajstić information content (AvgIpc) is 3.25. The molecule has 11 nitrogen and oxygen atoms in total. The number of amides is 2. The number of nitrogens with one attached hydrogen (secondary N) is 3. The number of nitrogens with two attached hydrogens (primary N) is 1. The van der Waals surface area contributed by atoms with E-state index in [0.717, 1.165) is 11.8 Å². The molecule has 0 spiro atoms. The summed E-state index contributed by atoms with van der Waals surface area (Å²) in [5, 5.41) is 10.6. The van der Waals surface area contributed by atoms with Gasteiger partial charge in [-0.25, -0.2) is 13.1 Å². The van der Waals surface area contributed by atoms with Gasteiger partial charge in [0.15, 0.2) is 0 Å². The Balaban J connectivity index is 2.12. The molecule has 2 rings (SSSR count). The van der Waals surface area contributed by atoms with E-state index in [1.54, 1.807) is 6.92 Å². The smallest absolute Gasteiger partial charge is 0.305 e. The number of amidine groups is 1. The first-order valence-corrected chi connectivity index (χ1v) is 13.5. The number of nitrogens with zero attached hydrogens (tertiary/aromatic N) is 1. The first kappa shape index (κ1) is 28.2. The van der Waals surface area contributed by atoms with E-state index in [1.807, 2.05) is 30.3 Å². The molecule has 1 aromatic carbocycles. The molecule has 1 aliphatic heterocycles. The number of unbranched alkanes of at least 4 members (excludes halogenated alkanes) is 1. The van der Waals surface area contributed by atoms with E-state index >= 15 is 0 Å². The summed E-state index contributed by atoms with van der Waals surface area (Å²) in [4.78, 5) is 39.3. The lowest BCUT2D eigenvalue weighted by Crippen LogP contribution is -2.53. The molecular formula is C23H35N5O6S. The molecule has 0 radical (unpaired) electrons. The lowest BCUT2D eigenvalue weighted by Gasteiger charge is -2.28. The van der Waals surface area contributed by atoms with Gasteiger partial charge in [0.05, 0.1) is 18.7 Å². The normalized spacial score (nSPS) is 18.6. The van der Waals surface area contributed by atoms with Gasteiger partial charge in [-0.3, -0.25) is 19.8 Å². The number of carbonyl (C=O) groups is 3. The standard InChI is InChI=1S/C23H35N5O6S/c1-3-34-20(29)12-8-7-11-18(27-35(2,32)33)23(31)28-15-17(21(24)25)13-19(28)22(30)26-14-16-9-5-4-6-10-16/h4-6,9-10,17-19,27H,3,7-8,11-15H2,1-2H3,(H3,24,25)(H,26,30)/t17?,18-,19+/m1/s1. The minimum Gasteiger partial charge on any atom is -0.466 e. The van der Waals surface area contributed by atoms with Crippen LogP contribution < -0.4 is 15.8 Å². The van der Waals surface area contributed by atoms with Crippen LogP contribution in [0.3, 0.4) is 0 Å². The van der Waals surface area contributed by atoms with E-state index in [0.29, 0.717) is 12.8 Å². The number of benzene rings is 1. The van der Waals surface area contributed by atoms with E-state index < -0.39 is 39.8 Å². The molecule has 12 heteroatoms. The largest absolute Gasteiger partial charge is 0.466 e. The van der Waals surface area contributed by atoms with E-state index in [2.05, 4.69) is 10.0 Å². The Labute approximate surface area is 206 Å². The number of hydrogen-bond donors (Lipinski definition) is 4. The first-order valence-electron chi connectivity index (χ1n) is 11.6. The predicted molar refractivity (Wildman–Crippen MR) is 131 cm³/mol. The van der Waals surface area contributed by atoms with Crippen LogP contribution in [0, 0.1) is 11.3 Å². The van der Waals surface area contributed by atoms with Gasteiger partial charge in [-0.05, 0) is 31.7 Å². The molecule has 1 aliphatic rings. The van der Waals surface area contributed by atoms with Crippen molar-refractivity contribution >= 4 is 33.6 Å². The molecule has 0 aliphatic carbocycles. The van der Waals surface area contributed by atoms with Crippen LogP contribution in [0.4, 0.5) is 0 Å². The fourth-order valence-corrected chi connectivity index (χ4v) is 4.73. The number of sulfonamides is 1. The zero-order chi connectivity index (χ0) is 26.0. The van der Waals surface area contributed by atoms with Crippen molar-refractivity contribution in [3.8, 4) is 0 Å². The van der Waals surface area contributed by atoms with Gasteiger partial charge < -0.3 is 20.7 Å². The van der Waals surface area contributed by atoms with Crippen LogP contribution in [0.1, 0.15) is 44.6 Å². The van der Waals surface area contributed by atoms with Crippen molar-refractivity contribution in [2.24, 2.45) is 11.7 Å². The molecular weight excluding hydrogens is 474 g/mol. The second kappa shape index (κ2) is 13.2. The number of rotatable bonds is 13. The Kier molecular flexibility index (Phi) is 10.6. The third-order valence-electron chi connectivity index (χ3n) is 5.72. The summed E-state index contributed by atoms with van der Waals surface area (Å²) in [5.41, 5.74) is 6.56. The summed E-state index contributed by atoms with van der Waals surface area (Å²) in [7, 11) is -3.73. The monoisotopic (exact) mass is 509 g/mol. The first-order chi connectivity index (χ1) is 16.5. The number of ether oxygens (including phenoxy) is 1. The molecule has 1 aromatic rings. The maximum Gasteiger partial charge on any atom is 0.305 e. The highest BCUT2D eigenvalue weighted by Crippen LogP contribution is 2.25. The van der Waals surface area contributed by atoms with Gasteiger partial charge in [-0.1, -0.05) is 36.8 Å². The van der Waals surface area contributed by atoms with Crippen LogP contribution in [0.15, 0.2) is 30.3 Å². The van der Waals surface area contributed by atoms with Crippen LogP contribution in [0.5, 0.6) is 0 Å². The van der Waals surface area contributed by atoms with E-state index in [1.165, 1.54) is 4.90 Å². The van der Waals surface area contributed by atoms with Crippen molar-refractivity contribution < 1.29 is 27.5 Å². The molecule has 1 fully saturated rings. The Morgan fingerprint density at radius 2 is 1.91 bits per heavy atom. The van der Waals surface area contributed by atoms with E-state index in [-0.39, 0.29) is 50.8 Å². The molecule has 5 N–H and O–H groups in total. The highest BCUT2D eigenvalue weighted by Gasteiger charge is 2.42. The molecule has 2 amide bonds. The van der Waals surface area contributed by atoms with Crippen LogP contribution in [-0.2, 0) is 35.7 Å². The maximum atomic E-state index is 13.4. The molecule has 35 heavy (non-hydrogen) atoms. The topological polar surface area (TPSA) is 172 Å². The number of hydrogen-bond acceptors (Lipinski definition) is 7. The highest BCUT2D eigenvalue weighted by atomic mass is 32.2. The average molecular weight is 510 g/mol. The summed E-state index contributed by atoms with van der Waals surface area (Å²) in [5.74, 6) is -1.95. The zero-order valence-corrected chi connectivity index (χ0v) is 21.0. The van der Waals surface area contributed by atoms with Crippen LogP contribution in [0.2, 0.25) is 0 Å². The van der Waals surface area contributed by atoms with Gasteiger partial charge in [0.25, 0.3) is 0 Å². The lowest BCUT2D eigenvalue weighted by molar-refractivity contribution is -0.143. The molecule has 0 bridgehead atoms. The van der Waals surface area contributed by atoms with Gasteiger partial charge in [0.1, 0.15) is 12.1 Å². The van der Waals surface area contributed by atoms with Crippen LogP contribution >= 0.6 is 0 Å². The summed E-state index contributed by atoms with van der Waals surface area (Å²) < 4.78 is 31.1. The lowest BCUT2D eigenvalue weighted by atomic mass is 10.0. The van der Waals surface area contributed by atoms with Crippen molar-refractivity contribution in [2.75, 3.05) is 19.4 Å². The second-order valence-corrected chi connectivity index (χ2v) is 10.4. The molecule has 1 saturated heterocycles. The third kappa shape index (κ3) is 9.29. The van der Waals surface area contributed by atoms with Gasteiger partial charge in [0, 0.05) is 25.4 Å². The minimum atomic E-state index is -3.73. The maximum absolute atomic E-state index is 13.4. The third-order valence-corrected chi connectivity index (χ3v) is 6.43. The quantitative estimate of drug-likeness (QED) is 0.130. The SMILES string of the molecule is CCOC(=O)CCCC[C@@H](NS(C)(=O)=O)C(=O)N1CC(C(=N)N)C[C@H]1C(=O)NCc1ccccc1. The Bertz CT molecular complexity index is 1000. The van der Waals surface area contributed by atoms with Gasteiger partial charge in [0.2, 0.25) is 21.8 Å². The molecule has 3 atom stereocenters. The highest BCUT2D eigenvalue weighted by molar-refractivity contribution is 7.88. The van der Waals surface area contributed by atoms with Crippen molar-refractivity contribution in [3.05, 3.63) is 35.9 Å². The molecule has 194 valence electrons. The molecule has 1 unspecified atom stereocenters. The molecule has 0 saturated carbocycles. The fraction of sp³-hybridized carbons (Fsp3) is 0.565. The van der Waals surface area contributed by atoms with E-state index in [9.17, 15) is 22.8 Å². The van der Waals surface area contributed by atoms with Crippen molar-refractivity contribution in [3.63, 3.8) is 0 Å². The van der Waals surface area contributed by atoms with Gasteiger partial charge in [-0.2, -0.15) is 0 Å². The number of esters is 1. The van der Waals surface area contributed by atoms with Crippen molar-refractivity contribution in [2.45, 2.75) is 57.7 Å². The van der Waals surface area contributed by atoms with Crippen molar-refractivity contribution in [1.82, 2.24) is 14.9 Å². The Morgan fingerprint density at radius 1 is 1.23 bits per heavy atom. The summed E-state index contributed by atoms with van der Waals surface area (Å²) in [6.07, 6.45) is 2.26. The van der Waals surface area contributed by atoms with Crippen LogP contribution in [-0.4, -0.2) is 68.4 Å². The van der Waals surface area contributed by atoms with E-state index in [4.69, 9.17) is 15.9 Å². The number of carbonyl (C=O) groups excluding carboxylic acids is 3. The number of likely N-dealkylation sites (tertiary alicyclic amines) is 1.